The van der Waals surface area contributed by atoms with Gasteiger partial charge in [-0.1, -0.05) is 0 Å². The van der Waals surface area contributed by atoms with E-state index in [1.165, 1.54) is 0 Å². The number of carbonyl (C=O) groups is 1. The normalized spacial score (nSPS) is 15.2. The molecular formula is C14H20N2O4. The molecule has 20 heavy (non-hydrogen) atoms. The van der Waals surface area contributed by atoms with Crippen molar-refractivity contribution in [2.45, 2.75) is 0 Å². The summed E-state index contributed by atoms with van der Waals surface area (Å²) in [5.41, 5.74) is 1.18. The van der Waals surface area contributed by atoms with Gasteiger partial charge in [-0.05, 0) is 12.1 Å². The fourth-order valence-corrected chi connectivity index (χ4v) is 2.09. The minimum Gasteiger partial charge on any atom is -0.507 e. The fourth-order valence-electron chi connectivity index (χ4n) is 2.09. The van der Waals surface area contributed by atoms with Crippen LogP contribution in [0, 0.1) is 0 Å². The van der Waals surface area contributed by atoms with E-state index in [1.807, 2.05) is 6.07 Å². The number of amides is 1. The number of methoxy groups -OCH3 is 1. The molecule has 1 aromatic rings. The van der Waals surface area contributed by atoms with Gasteiger partial charge in [0, 0.05) is 38.5 Å². The van der Waals surface area contributed by atoms with Crippen molar-refractivity contribution in [3.8, 4) is 5.75 Å². The molecule has 6 nitrogen and oxygen atoms in total. The van der Waals surface area contributed by atoms with Gasteiger partial charge in [0.15, 0.2) is 0 Å². The van der Waals surface area contributed by atoms with Crippen LogP contribution in [0.25, 0.3) is 0 Å². The van der Waals surface area contributed by atoms with Crippen molar-refractivity contribution < 1.29 is 19.4 Å². The lowest BCUT2D eigenvalue weighted by Gasteiger charge is -2.29. The highest BCUT2D eigenvalue weighted by Crippen LogP contribution is 2.25. The summed E-state index contributed by atoms with van der Waals surface area (Å²) in [4.78, 5) is 14.0. The van der Waals surface area contributed by atoms with Gasteiger partial charge in [0.25, 0.3) is 5.91 Å². The molecule has 2 N–H and O–H groups in total. The lowest BCUT2D eigenvalue weighted by molar-refractivity contribution is 0.0934. The first-order valence-electron chi connectivity index (χ1n) is 6.65. The maximum atomic E-state index is 11.9. The molecule has 0 radical (unpaired) electrons. The molecule has 0 spiro atoms. The zero-order valence-electron chi connectivity index (χ0n) is 11.6. The largest absolute Gasteiger partial charge is 0.507 e. The van der Waals surface area contributed by atoms with Crippen LogP contribution < -0.4 is 10.2 Å². The molecule has 1 fully saturated rings. The number of ether oxygens (including phenoxy) is 2. The quantitative estimate of drug-likeness (QED) is 0.773. The molecule has 1 amide bonds. The van der Waals surface area contributed by atoms with Crippen molar-refractivity contribution in [1.29, 1.82) is 0 Å². The molecule has 0 aromatic heterocycles. The Hall–Kier alpha value is -1.79. The Morgan fingerprint density at radius 2 is 2.20 bits per heavy atom. The number of aromatic hydroxyl groups is 1. The minimum atomic E-state index is -0.298. The number of morpholine rings is 1. The number of hydrogen-bond acceptors (Lipinski definition) is 5. The molecule has 0 bridgehead atoms. The van der Waals surface area contributed by atoms with Gasteiger partial charge in [-0.2, -0.15) is 0 Å². The predicted molar refractivity (Wildman–Crippen MR) is 75.3 cm³/mol. The number of anilines is 1. The second kappa shape index (κ2) is 7.12. The van der Waals surface area contributed by atoms with Crippen LogP contribution >= 0.6 is 0 Å². The number of nitrogens with zero attached hydrogens (tertiary/aromatic N) is 1. The summed E-state index contributed by atoms with van der Waals surface area (Å²) in [5, 5.41) is 12.7. The fraction of sp³-hybridized carbons (Fsp3) is 0.500. The van der Waals surface area contributed by atoms with Crippen LogP contribution in [0.5, 0.6) is 5.75 Å². The number of carbonyl (C=O) groups excluding carboxylic acids is 1. The molecule has 0 aliphatic carbocycles. The summed E-state index contributed by atoms with van der Waals surface area (Å²) in [6, 6.07) is 5.11. The number of phenolic OH excluding ortho intramolecular Hbond substituents is 1. The van der Waals surface area contributed by atoms with E-state index in [0.29, 0.717) is 26.4 Å². The number of rotatable bonds is 5. The Balaban J connectivity index is 2.03. The Bertz CT molecular complexity index is 458. The Morgan fingerprint density at radius 3 is 2.85 bits per heavy atom. The maximum Gasteiger partial charge on any atom is 0.255 e. The Morgan fingerprint density at radius 1 is 1.45 bits per heavy atom. The smallest absolute Gasteiger partial charge is 0.255 e. The molecule has 0 atom stereocenters. The van der Waals surface area contributed by atoms with Crippen molar-refractivity contribution in [2.75, 3.05) is 51.5 Å². The number of benzene rings is 1. The lowest BCUT2D eigenvalue weighted by Crippen LogP contribution is -2.36. The first-order chi connectivity index (χ1) is 9.72. The van der Waals surface area contributed by atoms with Gasteiger partial charge < -0.3 is 24.8 Å². The maximum absolute atomic E-state index is 11.9. The molecule has 2 rings (SSSR count). The zero-order chi connectivity index (χ0) is 14.4. The van der Waals surface area contributed by atoms with Crippen LogP contribution in [-0.2, 0) is 9.47 Å². The number of nitrogens with one attached hydrogen (secondary N) is 1. The first-order valence-corrected chi connectivity index (χ1v) is 6.65. The predicted octanol–water partition coefficient (Wildman–Crippen LogP) is 0.605. The highest BCUT2D eigenvalue weighted by atomic mass is 16.5. The molecule has 1 aliphatic rings. The molecule has 1 aromatic carbocycles. The average molecular weight is 280 g/mol. The topological polar surface area (TPSA) is 71.0 Å². The van der Waals surface area contributed by atoms with Crippen molar-refractivity contribution in [1.82, 2.24) is 5.32 Å². The van der Waals surface area contributed by atoms with Crippen LogP contribution in [0.4, 0.5) is 5.69 Å². The van der Waals surface area contributed by atoms with Crippen LogP contribution in [0.3, 0.4) is 0 Å². The standard InChI is InChI=1S/C14H20N2O4/c1-19-7-4-15-14(18)12-3-2-11(10-13(12)17)16-5-8-20-9-6-16/h2-3,10,17H,4-9H2,1H3,(H,15,18). The summed E-state index contributed by atoms with van der Waals surface area (Å²) in [5.74, 6) is -0.308. The highest BCUT2D eigenvalue weighted by Gasteiger charge is 2.15. The van der Waals surface area contributed by atoms with Gasteiger partial charge in [0.2, 0.25) is 0 Å². The monoisotopic (exact) mass is 280 g/mol. The third-order valence-corrected chi connectivity index (χ3v) is 3.19. The minimum absolute atomic E-state index is 0.0103. The third-order valence-electron chi connectivity index (χ3n) is 3.19. The van der Waals surface area contributed by atoms with E-state index in [0.717, 1.165) is 18.8 Å². The van der Waals surface area contributed by atoms with Gasteiger partial charge in [-0.3, -0.25) is 4.79 Å². The Labute approximate surface area is 118 Å². The summed E-state index contributed by atoms with van der Waals surface area (Å²) in [7, 11) is 1.57. The second-order valence-electron chi connectivity index (χ2n) is 4.55. The molecule has 1 aliphatic heterocycles. The van der Waals surface area contributed by atoms with E-state index in [9.17, 15) is 9.90 Å². The third kappa shape index (κ3) is 3.61. The lowest BCUT2D eigenvalue weighted by atomic mass is 10.1. The first kappa shape index (κ1) is 14.6. The van der Waals surface area contributed by atoms with E-state index in [-0.39, 0.29) is 17.2 Å². The number of phenols is 1. The summed E-state index contributed by atoms with van der Waals surface area (Å²) in [6.45, 7) is 3.80. The van der Waals surface area contributed by atoms with Gasteiger partial charge in [-0.25, -0.2) is 0 Å². The van der Waals surface area contributed by atoms with Crippen molar-refractivity contribution in [3.63, 3.8) is 0 Å². The average Bonchev–Trinajstić information content (AvgIpc) is 2.48. The van der Waals surface area contributed by atoms with Crippen molar-refractivity contribution in [2.24, 2.45) is 0 Å². The van der Waals surface area contributed by atoms with E-state index in [4.69, 9.17) is 9.47 Å². The highest BCUT2D eigenvalue weighted by molar-refractivity contribution is 5.97. The van der Waals surface area contributed by atoms with Crippen LogP contribution in [0.15, 0.2) is 18.2 Å². The number of hydrogen-bond donors (Lipinski definition) is 2. The van der Waals surface area contributed by atoms with Crippen LogP contribution in [0.2, 0.25) is 0 Å². The molecule has 0 saturated carbocycles. The molecule has 0 unspecified atom stereocenters. The van der Waals surface area contributed by atoms with Gasteiger partial charge >= 0.3 is 0 Å². The summed E-state index contributed by atoms with van der Waals surface area (Å²) >= 11 is 0. The summed E-state index contributed by atoms with van der Waals surface area (Å²) < 4.78 is 10.1. The summed E-state index contributed by atoms with van der Waals surface area (Å²) in [6.07, 6.45) is 0. The molecule has 6 heteroatoms. The zero-order valence-corrected chi connectivity index (χ0v) is 11.6. The molecule has 110 valence electrons. The van der Waals surface area contributed by atoms with Crippen molar-refractivity contribution in [3.05, 3.63) is 23.8 Å². The second-order valence-corrected chi connectivity index (χ2v) is 4.55. The van der Waals surface area contributed by atoms with Gasteiger partial charge in [-0.15, -0.1) is 0 Å². The van der Waals surface area contributed by atoms with Gasteiger partial charge in [0.05, 0.1) is 25.4 Å². The molecule has 1 heterocycles. The van der Waals surface area contributed by atoms with Gasteiger partial charge in [0.1, 0.15) is 5.75 Å². The van der Waals surface area contributed by atoms with E-state index >= 15 is 0 Å². The van der Waals surface area contributed by atoms with E-state index < -0.39 is 0 Å². The molecule has 1 saturated heterocycles. The SMILES string of the molecule is COCCNC(=O)c1ccc(N2CCOCC2)cc1O. The van der Waals surface area contributed by atoms with Crippen LogP contribution in [0.1, 0.15) is 10.4 Å². The molecular weight excluding hydrogens is 260 g/mol. The van der Waals surface area contributed by atoms with E-state index in [1.54, 1.807) is 19.2 Å². The van der Waals surface area contributed by atoms with E-state index in [2.05, 4.69) is 10.2 Å². The van der Waals surface area contributed by atoms with Crippen molar-refractivity contribution >= 4 is 11.6 Å². The Kier molecular flexibility index (Phi) is 5.20. The van der Waals surface area contributed by atoms with Crippen LogP contribution in [-0.4, -0.2) is 57.6 Å².